The number of carboxylic acids is 3. The molecule has 30 heteroatoms. The van der Waals surface area contributed by atoms with E-state index in [-0.39, 0.29) is 38.0 Å². The van der Waals surface area contributed by atoms with Crippen molar-refractivity contribution >= 4 is 93.7 Å². The highest BCUT2D eigenvalue weighted by Gasteiger charge is 2.41. The maximum atomic E-state index is 14.7. The van der Waals surface area contributed by atoms with E-state index in [0.717, 1.165) is 6.92 Å². The quantitative estimate of drug-likeness (QED) is 0.0274. The Balaban J connectivity index is 1.59. The van der Waals surface area contributed by atoms with Crippen LogP contribution in [0.15, 0.2) is 60.8 Å². The molecule has 11 atom stereocenters. The Morgan fingerprint density at radius 2 is 1.19 bits per heavy atom. The first-order valence-electron chi connectivity index (χ1n) is 26.9. The van der Waals surface area contributed by atoms with Gasteiger partial charge < -0.3 is 88.8 Å². The molecule has 3 aromatic rings. The number of amides is 9. The molecule has 1 saturated heterocycles. The molecule has 460 valence electrons. The van der Waals surface area contributed by atoms with Crippen molar-refractivity contribution in [1.29, 1.82) is 0 Å². The number of rotatable bonds is 34. The Morgan fingerprint density at radius 1 is 0.631 bits per heavy atom. The molecule has 1 aromatic heterocycles. The maximum Gasteiger partial charge on any atom is 0.328 e. The smallest absolute Gasteiger partial charge is 0.328 e. The summed E-state index contributed by atoms with van der Waals surface area (Å²) in [7, 11) is 0. The lowest BCUT2D eigenvalue weighted by atomic mass is 10.0. The lowest BCUT2D eigenvalue weighted by Crippen LogP contribution is -2.61. The first-order valence-corrected chi connectivity index (χ1v) is 28.3. The molecular formula is C54H75N11O18S. The van der Waals surface area contributed by atoms with Gasteiger partial charge in [0.05, 0.1) is 25.7 Å². The first kappa shape index (κ1) is 68.3. The number of hydrogen-bond donors (Lipinski definition) is 16. The van der Waals surface area contributed by atoms with Crippen molar-refractivity contribution < 1.29 is 88.2 Å². The van der Waals surface area contributed by atoms with E-state index < -0.39 is 176 Å². The number of nitrogens with two attached hydrogens (primary N) is 1. The maximum absolute atomic E-state index is 14.7. The second kappa shape index (κ2) is 33.2. The summed E-state index contributed by atoms with van der Waals surface area (Å²) >= 11 is 1.27. The summed E-state index contributed by atoms with van der Waals surface area (Å²) in [4.78, 5) is 165. The summed E-state index contributed by atoms with van der Waals surface area (Å²) in [5.41, 5.74) is 7.71. The van der Waals surface area contributed by atoms with Gasteiger partial charge in [-0.05, 0) is 67.7 Å². The lowest BCUT2D eigenvalue weighted by molar-refractivity contribution is -0.146. The topological polar surface area (TPSA) is 468 Å². The predicted molar refractivity (Wildman–Crippen MR) is 301 cm³/mol. The minimum atomic E-state index is -2.00. The number of carbonyl (C=O) groups excluding carboxylic acids is 9. The fourth-order valence-corrected chi connectivity index (χ4v) is 9.51. The van der Waals surface area contributed by atoms with Crippen molar-refractivity contribution in [2.75, 3.05) is 31.8 Å². The number of likely N-dealkylation sites (tertiary alicyclic amines) is 1. The number of para-hydroxylation sites is 1. The van der Waals surface area contributed by atoms with Gasteiger partial charge in [0.15, 0.2) is 6.04 Å². The van der Waals surface area contributed by atoms with Crippen LogP contribution in [-0.4, -0.2) is 210 Å². The molecule has 29 nitrogen and oxygen atoms in total. The SMILES string of the molecule is CSCC[C@H](NC(=O)[C@H](Cc1c[nH]c2ccccc12)NC(=O)[C@@H]1CCCN1C(=O)[C@H](Cc1ccccc1)NC(=O)[C@@H](N)CO)C(=O)N[C@@H](CCC(=O)O)C(=O)N[C@@H](CO)C(=O)N[C@@H](CC(=O)O)C(=O)N[C@H](C(=O)N[C@H](C(=O)O)[C@@H](C)O)C(C)C. The number of aliphatic carboxylic acids is 3. The normalized spacial score (nSPS) is 16.6. The minimum Gasteiger partial charge on any atom is -0.481 e. The van der Waals surface area contributed by atoms with Crippen LogP contribution in [0.1, 0.15) is 70.4 Å². The van der Waals surface area contributed by atoms with Crippen LogP contribution < -0.4 is 48.3 Å². The number of nitrogens with one attached hydrogen (secondary N) is 9. The van der Waals surface area contributed by atoms with Gasteiger partial charge >= 0.3 is 17.9 Å². The predicted octanol–water partition coefficient (Wildman–Crippen LogP) is -3.65. The second-order valence-corrected chi connectivity index (χ2v) is 21.4. The second-order valence-electron chi connectivity index (χ2n) is 20.4. The van der Waals surface area contributed by atoms with Gasteiger partial charge in [-0.1, -0.05) is 62.4 Å². The molecule has 4 rings (SSSR count). The molecule has 0 saturated carbocycles. The molecular weight excluding hydrogens is 1120 g/mol. The average Bonchev–Trinajstić information content (AvgIpc) is 4.08. The summed E-state index contributed by atoms with van der Waals surface area (Å²) in [6, 6.07) is 0.0126. The molecule has 2 heterocycles. The van der Waals surface area contributed by atoms with E-state index in [2.05, 4.69) is 47.5 Å². The lowest BCUT2D eigenvalue weighted by Gasteiger charge is -2.30. The number of fused-ring (bicyclic) bond motifs is 1. The van der Waals surface area contributed by atoms with Crippen LogP contribution in [0, 0.1) is 5.92 Å². The van der Waals surface area contributed by atoms with Crippen molar-refractivity contribution in [2.24, 2.45) is 11.7 Å². The van der Waals surface area contributed by atoms with Crippen molar-refractivity contribution in [3.05, 3.63) is 71.9 Å². The Kier molecular flexibility index (Phi) is 27.0. The minimum absolute atomic E-state index is 0.00194. The highest BCUT2D eigenvalue weighted by atomic mass is 32.2. The van der Waals surface area contributed by atoms with Crippen LogP contribution in [0.3, 0.4) is 0 Å². The summed E-state index contributed by atoms with van der Waals surface area (Å²) in [5.74, 6) is -14.3. The number of thioether (sulfide) groups is 1. The Hall–Kier alpha value is -8.19. The largest absolute Gasteiger partial charge is 0.481 e. The Morgan fingerprint density at radius 3 is 1.77 bits per heavy atom. The van der Waals surface area contributed by atoms with Gasteiger partial charge in [0.2, 0.25) is 53.2 Å². The number of benzene rings is 2. The molecule has 9 amide bonds. The molecule has 0 aliphatic carbocycles. The van der Waals surface area contributed by atoms with Crippen molar-refractivity contribution in [3.63, 3.8) is 0 Å². The molecule has 0 spiro atoms. The number of H-pyrrole nitrogens is 1. The van der Waals surface area contributed by atoms with E-state index in [4.69, 9.17) is 5.73 Å². The van der Waals surface area contributed by atoms with Gasteiger partial charge in [-0.2, -0.15) is 11.8 Å². The number of aromatic nitrogens is 1. The third kappa shape index (κ3) is 20.3. The zero-order chi connectivity index (χ0) is 62.4. The molecule has 0 unspecified atom stereocenters. The molecule has 1 aliphatic rings. The Labute approximate surface area is 486 Å². The number of aliphatic hydroxyl groups excluding tert-OH is 3. The van der Waals surface area contributed by atoms with Crippen molar-refractivity contribution in [2.45, 2.75) is 139 Å². The highest BCUT2D eigenvalue weighted by Crippen LogP contribution is 2.23. The molecule has 1 fully saturated rings. The van der Waals surface area contributed by atoms with E-state index in [9.17, 15) is 88.2 Å². The van der Waals surface area contributed by atoms with Gasteiger partial charge in [0.1, 0.15) is 54.4 Å². The van der Waals surface area contributed by atoms with Gasteiger partial charge in [0.25, 0.3) is 0 Å². The first-order chi connectivity index (χ1) is 39.8. The van der Waals surface area contributed by atoms with E-state index in [1.165, 1.54) is 30.5 Å². The fraction of sp³-hybridized carbons (Fsp3) is 0.519. The van der Waals surface area contributed by atoms with Crippen molar-refractivity contribution in [3.8, 4) is 0 Å². The molecule has 84 heavy (non-hydrogen) atoms. The Bertz CT molecular complexity index is 2820. The number of aromatic amines is 1. The number of hydrogen-bond acceptors (Lipinski definition) is 17. The zero-order valence-corrected chi connectivity index (χ0v) is 47.5. The van der Waals surface area contributed by atoms with E-state index in [1.807, 2.05) is 0 Å². The highest BCUT2D eigenvalue weighted by molar-refractivity contribution is 7.98. The molecule has 0 bridgehead atoms. The van der Waals surface area contributed by atoms with Crippen molar-refractivity contribution in [1.82, 2.24) is 52.4 Å². The van der Waals surface area contributed by atoms with Crippen LogP contribution in [0.5, 0.6) is 0 Å². The molecule has 17 N–H and O–H groups in total. The third-order valence-electron chi connectivity index (χ3n) is 13.6. The molecule has 1 aliphatic heterocycles. The van der Waals surface area contributed by atoms with E-state index in [1.54, 1.807) is 67.0 Å². The number of carbonyl (C=O) groups is 12. The standard InChI is InChI=1S/C54H75N11O18S/c1-27(2)43(52(80)64-44(28(3)68)54(82)83)63-49(77)37(23-42(71)72)59-50(78)39(26-67)62-46(74)34(16-17-41(69)70)57-47(75)35(18-20-84-4)58-48(76)36(22-30-24-56-33-14-9-8-13-31(30)33)60-51(79)40-15-10-19-65(40)53(81)38(61-45(73)32(55)25-66)21-29-11-6-5-7-12-29/h5-9,11-14,24,27-28,32,34-40,43-44,56,66-68H,10,15-23,25-26,55H2,1-4H3,(H,57,75)(H,58,76)(H,59,78)(H,60,79)(H,61,73)(H,62,74)(H,63,77)(H,64,80)(H,69,70)(H,71,72)(H,82,83)/t28-,32+,34+,35+,36+,37+,38+,39+,40+,43+,44+/m1/s1. The molecule has 2 aromatic carbocycles. The number of carboxylic acid groups (broad SMARTS) is 3. The van der Waals surface area contributed by atoms with E-state index in [0.29, 0.717) is 28.5 Å². The number of aliphatic hydroxyl groups is 3. The monoisotopic (exact) mass is 1200 g/mol. The summed E-state index contributed by atoms with van der Waals surface area (Å²) in [6.45, 7) is 2.15. The van der Waals surface area contributed by atoms with Crippen LogP contribution in [-0.2, 0) is 70.4 Å². The van der Waals surface area contributed by atoms with Gasteiger partial charge in [-0.3, -0.25) is 52.7 Å². The van der Waals surface area contributed by atoms with Gasteiger partial charge in [-0.15, -0.1) is 0 Å². The van der Waals surface area contributed by atoms with Crippen LogP contribution in [0.25, 0.3) is 10.9 Å². The van der Waals surface area contributed by atoms with Crippen LogP contribution in [0.4, 0.5) is 0 Å². The van der Waals surface area contributed by atoms with Crippen LogP contribution in [0.2, 0.25) is 0 Å². The average molecular weight is 1200 g/mol. The van der Waals surface area contributed by atoms with Crippen LogP contribution >= 0.6 is 11.8 Å². The van der Waals surface area contributed by atoms with Gasteiger partial charge in [-0.25, -0.2) is 4.79 Å². The fourth-order valence-electron chi connectivity index (χ4n) is 9.04. The third-order valence-corrected chi connectivity index (χ3v) is 14.3. The number of nitrogens with zero attached hydrogens (tertiary/aromatic N) is 1. The summed E-state index contributed by atoms with van der Waals surface area (Å²) in [5, 5.41) is 78.1. The summed E-state index contributed by atoms with van der Waals surface area (Å²) < 4.78 is 0. The zero-order valence-electron chi connectivity index (χ0n) is 46.7. The van der Waals surface area contributed by atoms with E-state index >= 15 is 0 Å². The molecule has 0 radical (unpaired) electrons. The summed E-state index contributed by atoms with van der Waals surface area (Å²) in [6.07, 6.45) is -0.502. The van der Waals surface area contributed by atoms with Gasteiger partial charge in [0, 0.05) is 42.9 Å².